The SMILES string of the molecule is COCCNC(=O)NC(=O)CSc1ncc2ccccn12. The van der Waals surface area contributed by atoms with Gasteiger partial charge in [-0.2, -0.15) is 0 Å². The molecule has 0 aliphatic heterocycles. The Labute approximate surface area is 126 Å². The first kappa shape index (κ1) is 15.3. The third-order valence-electron chi connectivity index (χ3n) is 2.58. The fourth-order valence-electron chi connectivity index (χ4n) is 1.63. The monoisotopic (exact) mass is 308 g/mol. The van der Waals surface area contributed by atoms with E-state index < -0.39 is 6.03 Å². The second kappa shape index (κ2) is 7.65. The molecule has 2 rings (SSSR count). The highest BCUT2D eigenvalue weighted by Crippen LogP contribution is 2.17. The van der Waals surface area contributed by atoms with Crippen LogP contribution in [0.15, 0.2) is 35.7 Å². The molecule has 0 aliphatic rings. The van der Waals surface area contributed by atoms with Crippen molar-refractivity contribution in [1.82, 2.24) is 20.0 Å². The quantitative estimate of drug-likeness (QED) is 0.612. The standard InChI is InChI=1S/C13H16N4O3S/c1-20-7-5-14-12(19)16-11(18)9-21-13-15-8-10-4-2-3-6-17(10)13/h2-4,6,8H,5,7,9H2,1H3,(H2,14,16,18,19). The number of ether oxygens (including phenoxy) is 1. The minimum absolute atomic E-state index is 0.117. The summed E-state index contributed by atoms with van der Waals surface area (Å²) in [5, 5.41) is 5.47. The Morgan fingerprint density at radius 3 is 3.10 bits per heavy atom. The number of nitrogens with zero attached hydrogens (tertiary/aromatic N) is 2. The second-order valence-corrected chi connectivity index (χ2v) is 5.06. The third-order valence-corrected chi connectivity index (χ3v) is 3.55. The number of aromatic nitrogens is 2. The molecule has 8 heteroatoms. The summed E-state index contributed by atoms with van der Waals surface area (Å²) >= 11 is 1.27. The van der Waals surface area contributed by atoms with Gasteiger partial charge in [0.2, 0.25) is 5.91 Å². The Morgan fingerprint density at radius 2 is 2.29 bits per heavy atom. The molecular weight excluding hydrogens is 292 g/mol. The number of nitrogens with one attached hydrogen (secondary N) is 2. The zero-order valence-corrected chi connectivity index (χ0v) is 12.4. The molecule has 2 heterocycles. The largest absolute Gasteiger partial charge is 0.383 e. The lowest BCUT2D eigenvalue weighted by atomic mass is 10.4. The van der Waals surface area contributed by atoms with Gasteiger partial charge in [0, 0.05) is 19.9 Å². The molecule has 112 valence electrons. The van der Waals surface area contributed by atoms with Crippen molar-refractivity contribution < 1.29 is 14.3 Å². The minimum Gasteiger partial charge on any atom is -0.383 e. The van der Waals surface area contributed by atoms with Crippen molar-refractivity contribution in [1.29, 1.82) is 0 Å². The van der Waals surface area contributed by atoms with Crippen LogP contribution in [0.4, 0.5) is 4.79 Å². The van der Waals surface area contributed by atoms with Crippen molar-refractivity contribution in [3.8, 4) is 0 Å². The molecule has 2 N–H and O–H groups in total. The molecule has 21 heavy (non-hydrogen) atoms. The number of rotatable bonds is 6. The van der Waals surface area contributed by atoms with E-state index in [1.165, 1.54) is 18.9 Å². The Balaban J connectivity index is 1.80. The van der Waals surface area contributed by atoms with Gasteiger partial charge in [-0.05, 0) is 12.1 Å². The minimum atomic E-state index is -0.523. The van der Waals surface area contributed by atoms with E-state index in [1.54, 1.807) is 6.20 Å². The van der Waals surface area contributed by atoms with Crippen molar-refractivity contribution in [2.75, 3.05) is 26.0 Å². The van der Waals surface area contributed by atoms with Gasteiger partial charge in [-0.1, -0.05) is 17.8 Å². The number of fused-ring (bicyclic) bond motifs is 1. The number of imidazole rings is 1. The first-order valence-electron chi connectivity index (χ1n) is 6.32. The molecule has 0 saturated heterocycles. The average Bonchev–Trinajstić information content (AvgIpc) is 2.88. The second-order valence-electron chi connectivity index (χ2n) is 4.12. The summed E-state index contributed by atoms with van der Waals surface area (Å²) in [6, 6.07) is 5.22. The van der Waals surface area contributed by atoms with Gasteiger partial charge in [-0.15, -0.1) is 0 Å². The smallest absolute Gasteiger partial charge is 0.321 e. The van der Waals surface area contributed by atoms with Crippen LogP contribution in [-0.2, 0) is 9.53 Å². The maximum absolute atomic E-state index is 11.7. The number of hydrogen-bond donors (Lipinski definition) is 2. The van der Waals surface area contributed by atoms with Crippen LogP contribution in [0, 0.1) is 0 Å². The summed E-state index contributed by atoms with van der Waals surface area (Å²) < 4.78 is 6.68. The van der Waals surface area contributed by atoms with Gasteiger partial charge in [0.1, 0.15) is 0 Å². The Morgan fingerprint density at radius 1 is 1.43 bits per heavy atom. The van der Waals surface area contributed by atoms with E-state index in [2.05, 4.69) is 15.6 Å². The van der Waals surface area contributed by atoms with Gasteiger partial charge in [0.25, 0.3) is 0 Å². The van der Waals surface area contributed by atoms with Gasteiger partial charge in [0.05, 0.1) is 24.1 Å². The number of hydrogen-bond acceptors (Lipinski definition) is 5. The van der Waals surface area contributed by atoms with Crippen LogP contribution in [0.5, 0.6) is 0 Å². The molecule has 0 aliphatic carbocycles. The normalized spacial score (nSPS) is 10.5. The lowest BCUT2D eigenvalue weighted by Gasteiger charge is -2.05. The number of urea groups is 1. The summed E-state index contributed by atoms with van der Waals surface area (Å²) in [5.41, 5.74) is 0.956. The molecule has 2 aromatic heterocycles. The van der Waals surface area contributed by atoms with Crippen LogP contribution >= 0.6 is 11.8 Å². The van der Waals surface area contributed by atoms with Gasteiger partial charge in [-0.3, -0.25) is 14.5 Å². The summed E-state index contributed by atoms with van der Waals surface area (Å²) in [6.07, 6.45) is 3.61. The van der Waals surface area contributed by atoms with Gasteiger partial charge in [0.15, 0.2) is 5.16 Å². The van der Waals surface area contributed by atoms with E-state index in [1.807, 2.05) is 28.8 Å². The number of imide groups is 1. The molecule has 0 atom stereocenters. The predicted molar refractivity (Wildman–Crippen MR) is 79.3 cm³/mol. The Hall–Kier alpha value is -2.06. The third kappa shape index (κ3) is 4.47. The van der Waals surface area contributed by atoms with Crippen LogP contribution in [0.2, 0.25) is 0 Å². The van der Waals surface area contributed by atoms with Crippen molar-refractivity contribution in [2.24, 2.45) is 0 Å². The molecule has 0 bridgehead atoms. The molecule has 0 unspecified atom stereocenters. The van der Waals surface area contributed by atoms with Gasteiger partial charge in [-0.25, -0.2) is 9.78 Å². The van der Waals surface area contributed by atoms with Crippen molar-refractivity contribution in [3.63, 3.8) is 0 Å². The van der Waals surface area contributed by atoms with Crippen LogP contribution in [0.25, 0.3) is 5.52 Å². The van der Waals surface area contributed by atoms with Crippen LogP contribution in [-0.4, -0.2) is 47.3 Å². The lowest BCUT2D eigenvalue weighted by molar-refractivity contribution is -0.117. The zero-order chi connectivity index (χ0) is 15.1. The van der Waals surface area contributed by atoms with Crippen LogP contribution in [0.3, 0.4) is 0 Å². The fraction of sp³-hybridized carbons (Fsp3) is 0.308. The molecule has 0 saturated carbocycles. The summed E-state index contributed by atoms with van der Waals surface area (Å²) in [7, 11) is 1.54. The zero-order valence-electron chi connectivity index (χ0n) is 11.5. The van der Waals surface area contributed by atoms with Gasteiger partial charge < -0.3 is 10.1 Å². The van der Waals surface area contributed by atoms with Crippen molar-refractivity contribution >= 4 is 29.2 Å². The maximum atomic E-state index is 11.7. The number of carbonyl (C=O) groups excluding carboxylic acids is 2. The molecule has 0 fully saturated rings. The molecule has 3 amide bonds. The number of carbonyl (C=O) groups is 2. The van der Waals surface area contributed by atoms with E-state index >= 15 is 0 Å². The molecule has 0 radical (unpaired) electrons. The van der Waals surface area contributed by atoms with Crippen LogP contribution < -0.4 is 10.6 Å². The highest BCUT2D eigenvalue weighted by atomic mass is 32.2. The van der Waals surface area contributed by atoms with E-state index in [4.69, 9.17) is 4.74 Å². The first-order chi connectivity index (χ1) is 10.2. The molecule has 2 aromatic rings. The number of methoxy groups -OCH3 is 1. The topological polar surface area (TPSA) is 84.7 Å². The number of pyridine rings is 1. The maximum Gasteiger partial charge on any atom is 0.321 e. The fourth-order valence-corrected chi connectivity index (χ4v) is 2.39. The van der Waals surface area contributed by atoms with E-state index in [0.717, 1.165) is 5.52 Å². The van der Waals surface area contributed by atoms with Crippen molar-refractivity contribution in [2.45, 2.75) is 5.16 Å². The lowest BCUT2D eigenvalue weighted by Crippen LogP contribution is -2.41. The molecular formula is C13H16N4O3S. The Kier molecular flexibility index (Phi) is 5.59. The van der Waals surface area contributed by atoms with Crippen LogP contribution in [0.1, 0.15) is 0 Å². The van der Waals surface area contributed by atoms with Gasteiger partial charge >= 0.3 is 6.03 Å². The summed E-state index contributed by atoms with van der Waals surface area (Å²) in [4.78, 5) is 27.3. The Bertz CT molecular complexity index is 629. The number of thioether (sulfide) groups is 1. The van der Waals surface area contributed by atoms with E-state index in [0.29, 0.717) is 18.3 Å². The number of amides is 3. The highest BCUT2D eigenvalue weighted by Gasteiger charge is 2.10. The van der Waals surface area contributed by atoms with E-state index in [9.17, 15) is 9.59 Å². The average molecular weight is 308 g/mol. The molecule has 0 spiro atoms. The summed E-state index contributed by atoms with van der Waals surface area (Å²) in [6.45, 7) is 0.754. The van der Waals surface area contributed by atoms with Crippen molar-refractivity contribution in [3.05, 3.63) is 30.6 Å². The highest BCUT2D eigenvalue weighted by molar-refractivity contribution is 7.99. The first-order valence-corrected chi connectivity index (χ1v) is 7.31. The molecule has 0 aromatic carbocycles. The van der Waals surface area contributed by atoms with E-state index in [-0.39, 0.29) is 11.7 Å². The molecule has 7 nitrogen and oxygen atoms in total. The predicted octanol–water partition coefficient (Wildman–Crippen LogP) is 0.899. The summed E-state index contributed by atoms with van der Waals surface area (Å²) in [5.74, 6) is -0.256.